The average Bonchev–Trinajstić information content (AvgIpc) is 2.84. The summed E-state index contributed by atoms with van der Waals surface area (Å²) in [6.45, 7) is 3.85. The summed E-state index contributed by atoms with van der Waals surface area (Å²) < 4.78 is 54.9. The van der Waals surface area contributed by atoms with Crippen molar-refractivity contribution in [2.24, 2.45) is 0 Å². The molecule has 1 amide bonds. The van der Waals surface area contributed by atoms with Gasteiger partial charge in [0.25, 0.3) is 5.56 Å². The quantitative estimate of drug-likeness (QED) is 0.322. The molecule has 3 N–H and O–H groups in total. The highest BCUT2D eigenvalue weighted by Crippen LogP contribution is 2.25. The zero-order valence-electron chi connectivity index (χ0n) is 20.2. The average molecular weight is 557 g/mol. The number of aromatic nitrogens is 3. The molecular weight excluding hydrogens is 530 g/mol. The van der Waals surface area contributed by atoms with Crippen molar-refractivity contribution in [3.05, 3.63) is 87.7 Å². The predicted molar refractivity (Wildman–Crippen MR) is 138 cm³/mol. The topological polar surface area (TPSA) is 135 Å². The Labute approximate surface area is 218 Å². The molecule has 0 aliphatic carbocycles. The molecule has 0 fully saturated rings. The highest BCUT2D eigenvalue weighted by molar-refractivity contribution is 7.88. The second-order valence-corrected chi connectivity index (χ2v) is 9.93. The molecule has 0 unspecified atom stereocenters. The lowest BCUT2D eigenvalue weighted by atomic mass is 10.1. The van der Waals surface area contributed by atoms with Crippen LogP contribution in [-0.4, -0.2) is 54.8 Å². The number of amides is 1. The van der Waals surface area contributed by atoms with Crippen molar-refractivity contribution in [2.45, 2.75) is 19.4 Å². The van der Waals surface area contributed by atoms with Gasteiger partial charge in [0.1, 0.15) is 17.4 Å². The van der Waals surface area contributed by atoms with Gasteiger partial charge in [0.15, 0.2) is 5.82 Å². The number of halogens is 3. The maximum atomic E-state index is 14.4. The van der Waals surface area contributed by atoms with E-state index in [0.717, 1.165) is 23.1 Å². The zero-order chi connectivity index (χ0) is 27.6. The van der Waals surface area contributed by atoms with E-state index in [1.165, 1.54) is 24.4 Å². The number of rotatable bonds is 13. The molecule has 0 aliphatic heterocycles. The molecule has 2 rings (SSSR count). The molecule has 14 heteroatoms. The molecule has 2 aromatic heterocycles. The Hall–Kier alpha value is -3.42. The van der Waals surface area contributed by atoms with Crippen LogP contribution in [0.4, 0.5) is 14.6 Å². The molecule has 10 nitrogen and oxygen atoms in total. The number of anilines is 1. The molecule has 0 bridgehead atoms. The number of alkyl halides is 2. The van der Waals surface area contributed by atoms with Crippen LogP contribution < -0.4 is 20.9 Å². The molecule has 0 radical (unpaired) electrons. The van der Waals surface area contributed by atoms with E-state index >= 15 is 0 Å². The standard InChI is InChI=1S/C23H27ClF2N6O4S/c1-4-8-17(12-31-37(3,35)36)16(5-2)11-28-20(33)14-32-19(24)13-29-21(22(32)34)30-15-23(25,26)18-9-6-7-10-27-18/h4-10,13,31H,1,11-12,14-15H2,2-3H3,(H,28,33)(H,29,30)/b16-5-,17-8-. The minimum atomic E-state index is -3.45. The highest BCUT2D eigenvalue weighted by Gasteiger charge is 2.33. The molecule has 0 aromatic carbocycles. The van der Waals surface area contributed by atoms with Gasteiger partial charge in [-0.15, -0.1) is 0 Å². The Morgan fingerprint density at radius 1 is 1.24 bits per heavy atom. The van der Waals surface area contributed by atoms with Gasteiger partial charge in [-0.2, -0.15) is 8.78 Å². The monoisotopic (exact) mass is 556 g/mol. The number of carbonyl (C=O) groups is 1. The van der Waals surface area contributed by atoms with E-state index in [-0.39, 0.29) is 18.2 Å². The first kappa shape index (κ1) is 29.8. The maximum absolute atomic E-state index is 14.4. The van der Waals surface area contributed by atoms with Gasteiger partial charge in [-0.3, -0.25) is 19.1 Å². The first-order valence-corrected chi connectivity index (χ1v) is 13.1. The normalized spacial score (nSPS) is 12.8. The summed E-state index contributed by atoms with van der Waals surface area (Å²) in [5, 5.41) is 4.75. The number of nitrogens with zero attached hydrogens (tertiary/aromatic N) is 3. The zero-order valence-corrected chi connectivity index (χ0v) is 21.7. The third-order valence-electron chi connectivity index (χ3n) is 4.91. The van der Waals surface area contributed by atoms with Crippen LogP contribution in [0.25, 0.3) is 0 Å². The van der Waals surface area contributed by atoms with E-state index in [9.17, 15) is 26.8 Å². The van der Waals surface area contributed by atoms with E-state index in [4.69, 9.17) is 11.6 Å². The number of nitrogens with one attached hydrogen (secondary N) is 3. The Morgan fingerprint density at radius 3 is 2.57 bits per heavy atom. The van der Waals surface area contributed by atoms with Crippen LogP contribution in [0.2, 0.25) is 5.15 Å². The summed E-state index contributed by atoms with van der Waals surface area (Å²) >= 11 is 6.03. The van der Waals surface area contributed by atoms with E-state index in [1.807, 2.05) is 0 Å². The molecule has 0 atom stereocenters. The van der Waals surface area contributed by atoms with Crippen LogP contribution >= 0.6 is 11.6 Å². The van der Waals surface area contributed by atoms with Crippen LogP contribution in [-0.2, 0) is 27.3 Å². The molecule has 0 saturated heterocycles. The van der Waals surface area contributed by atoms with Crippen LogP contribution in [0.15, 0.2) is 71.3 Å². The smallest absolute Gasteiger partial charge is 0.306 e. The third kappa shape index (κ3) is 9.19. The number of allylic oxidation sites excluding steroid dienone is 3. The Bertz CT molecular complexity index is 1340. The lowest BCUT2D eigenvalue weighted by Gasteiger charge is -2.17. The number of carbonyl (C=O) groups excluding carboxylic acids is 1. The van der Waals surface area contributed by atoms with Gasteiger partial charge in [-0.25, -0.2) is 18.1 Å². The van der Waals surface area contributed by atoms with Crippen LogP contribution in [0.5, 0.6) is 0 Å². The largest absolute Gasteiger partial charge is 0.359 e. The molecule has 2 heterocycles. The Balaban J connectivity index is 2.09. The summed E-state index contributed by atoms with van der Waals surface area (Å²) in [7, 11) is -3.45. The van der Waals surface area contributed by atoms with Crippen LogP contribution in [0, 0.1) is 0 Å². The molecule has 0 saturated carbocycles. The Morgan fingerprint density at radius 2 is 1.97 bits per heavy atom. The molecule has 200 valence electrons. The van der Waals surface area contributed by atoms with Crippen LogP contribution in [0.1, 0.15) is 12.6 Å². The van der Waals surface area contributed by atoms with Gasteiger partial charge >= 0.3 is 5.92 Å². The first-order chi connectivity index (χ1) is 17.4. The molecule has 2 aromatic rings. The lowest BCUT2D eigenvalue weighted by Crippen LogP contribution is -2.36. The van der Waals surface area contributed by atoms with Gasteiger partial charge in [-0.05, 0) is 30.2 Å². The fourth-order valence-corrected chi connectivity index (χ4v) is 3.63. The maximum Gasteiger partial charge on any atom is 0.306 e. The van der Waals surface area contributed by atoms with Crippen LogP contribution in [0.3, 0.4) is 0 Å². The summed E-state index contributed by atoms with van der Waals surface area (Å²) in [6.07, 6.45) is 8.09. The molecule has 0 spiro atoms. The SMILES string of the molecule is C=C/C=C(CNS(C)(=O)=O)\C(=C/C)CNC(=O)Cn1c(Cl)cnc(NCC(F)(F)c2ccccn2)c1=O. The van der Waals surface area contributed by atoms with E-state index in [0.29, 0.717) is 11.1 Å². The highest BCUT2D eigenvalue weighted by atomic mass is 35.5. The summed E-state index contributed by atoms with van der Waals surface area (Å²) in [5.41, 5.74) is -0.165. The van der Waals surface area contributed by atoms with Crippen molar-refractivity contribution in [1.29, 1.82) is 0 Å². The van der Waals surface area contributed by atoms with Gasteiger partial charge in [0, 0.05) is 19.3 Å². The minimum absolute atomic E-state index is 0.0132. The number of hydrogen-bond donors (Lipinski definition) is 3. The first-order valence-electron chi connectivity index (χ1n) is 10.8. The number of pyridine rings is 1. The lowest BCUT2D eigenvalue weighted by molar-refractivity contribution is -0.121. The van der Waals surface area contributed by atoms with Gasteiger partial charge in [0.05, 0.1) is 19.0 Å². The Kier molecular flexibility index (Phi) is 10.6. The van der Waals surface area contributed by atoms with Crippen molar-refractivity contribution < 1.29 is 22.0 Å². The van der Waals surface area contributed by atoms with Gasteiger partial charge in [0.2, 0.25) is 15.9 Å². The summed E-state index contributed by atoms with van der Waals surface area (Å²) in [4.78, 5) is 32.7. The fourth-order valence-electron chi connectivity index (χ4n) is 3.03. The van der Waals surface area contributed by atoms with E-state index in [1.54, 1.807) is 19.1 Å². The minimum Gasteiger partial charge on any atom is -0.359 e. The van der Waals surface area contributed by atoms with Crippen molar-refractivity contribution in [3.63, 3.8) is 0 Å². The number of hydrogen-bond acceptors (Lipinski definition) is 7. The van der Waals surface area contributed by atoms with Crippen molar-refractivity contribution in [2.75, 3.05) is 31.2 Å². The second-order valence-electron chi connectivity index (χ2n) is 7.71. The molecule has 37 heavy (non-hydrogen) atoms. The van der Waals surface area contributed by atoms with E-state index < -0.39 is 52.0 Å². The number of sulfonamides is 1. The second kappa shape index (κ2) is 13.2. The molecule has 0 aliphatic rings. The molecular formula is C23H27ClF2N6O4S. The van der Waals surface area contributed by atoms with Crippen molar-refractivity contribution in [1.82, 2.24) is 24.6 Å². The van der Waals surface area contributed by atoms with Gasteiger partial charge in [-0.1, -0.05) is 42.5 Å². The fraction of sp³-hybridized carbons (Fsp3) is 0.304. The summed E-state index contributed by atoms with van der Waals surface area (Å²) in [5.74, 6) is -4.40. The predicted octanol–water partition coefficient (Wildman–Crippen LogP) is 2.22. The van der Waals surface area contributed by atoms with E-state index in [2.05, 4.69) is 31.9 Å². The third-order valence-corrected chi connectivity index (χ3v) is 5.88. The summed E-state index contributed by atoms with van der Waals surface area (Å²) in [6, 6.07) is 4.07. The van der Waals surface area contributed by atoms with Crippen molar-refractivity contribution in [3.8, 4) is 0 Å². The van der Waals surface area contributed by atoms with Gasteiger partial charge < -0.3 is 10.6 Å². The van der Waals surface area contributed by atoms with Crippen molar-refractivity contribution >= 4 is 33.3 Å².